The number of morpholine rings is 1. The standard InChI is InChI=1S/C21H24N2O4/c24-21(17-5-1-2-6-18(17)23-11-13-25-14-12-23)22-10-9-16-15-26-19-7-3-4-8-20(19)27-16/h1-8,16H,9-15H2,(H,22,24)/t16-/m1/s1. The molecule has 27 heavy (non-hydrogen) atoms. The lowest BCUT2D eigenvalue weighted by Gasteiger charge is -2.30. The van der Waals surface area contributed by atoms with E-state index in [1.807, 2.05) is 48.5 Å². The Morgan fingerprint density at radius 1 is 1.04 bits per heavy atom. The van der Waals surface area contributed by atoms with Gasteiger partial charge in [-0.15, -0.1) is 0 Å². The second kappa shape index (κ2) is 8.31. The van der Waals surface area contributed by atoms with Crippen molar-refractivity contribution in [1.82, 2.24) is 5.32 Å². The molecule has 2 aromatic rings. The number of para-hydroxylation sites is 3. The third kappa shape index (κ3) is 4.17. The van der Waals surface area contributed by atoms with Crippen molar-refractivity contribution in [3.63, 3.8) is 0 Å². The third-order valence-corrected chi connectivity index (χ3v) is 4.82. The Bertz CT molecular complexity index is 789. The zero-order valence-electron chi connectivity index (χ0n) is 15.2. The molecule has 0 bridgehead atoms. The van der Waals surface area contributed by atoms with Crippen LogP contribution < -0.4 is 19.7 Å². The first-order valence-electron chi connectivity index (χ1n) is 9.39. The average Bonchev–Trinajstić information content (AvgIpc) is 2.74. The Balaban J connectivity index is 1.33. The summed E-state index contributed by atoms with van der Waals surface area (Å²) in [5.41, 5.74) is 1.66. The number of rotatable bonds is 5. The zero-order valence-corrected chi connectivity index (χ0v) is 15.2. The van der Waals surface area contributed by atoms with E-state index in [-0.39, 0.29) is 12.0 Å². The van der Waals surface area contributed by atoms with Gasteiger partial charge in [0.2, 0.25) is 0 Å². The number of amides is 1. The van der Waals surface area contributed by atoms with Crippen LogP contribution in [0.4, 0.5) is 5.69 Å². The summed E-state index contributed by atoms with van der Waals surface area (Å²) in [6.45, 7) is 4.02. The third-order valence-electron chi connectivity index (χ3n) is 4.82. The largest absolute Gasteiger partial charge is 0.486 e. The molecule has 2 aliphatic heterocycles. The van der Waals surface area contributed by atoms with Crippen molar-refractivity contribution in [3.05, 3.63) is 54.1 Å². The predicted molar refractivity (Wildman–Crippen MR) is 103 cm³/mol. The molecule has 2 aliphatic rings. The molecule has 1 atom stereocenters. The summed E-state index contributed by atoms with van der Waals surface area (Å²) in [7, 11) is 0. The van der Waals surface area contributed by atoms with Gasteiger partial charge in [-0.2, -0.15) is 0 Å². The van der Waals surface area contributed by atoms with Crippen LogP contribution in [0.25, 0.3) is 0 Å². The van der Waals surface area contributed by atoms with Crippen LogP contribution in [0.5, 0.6) is 11.5 Å². The van der Waals surface area contributed by atoms with Gasteiger partial charge in [-0.1, -0.05) is 24.3 Å². The van der Waals surface area contributed by atoms with E-state index >= 15 is 0 Å². The molecule has 142 valence electrons. The molecule has 1 fully saturated rings. The Hall–Kier alpha value is -2.73. The fourth-order valence-corrected chi connectivity index (χ4v) is 3.39. The maximum absolute atomic E-state index is 12.7. The van der Waals surface area contributed by atoms with Crippen molar-refractivity contribution in [3.8, 4) is 11.5 Å². The van der Waals surface area contributed by atoms with E-state index in [1.54, 1.807) is 0 Å². The molecule has 2 aromatic carbocycles. The lowest BCUT2D eigenvalue weighted by atomic mass is 10.1. The maximum atomic E-state index is 12.7. The molecule has 0 aliphatic carbocycles. The van der Waals surface area contributed by atoms with Gasteiger partial charge in [0, 0.05) is 31.7 Å². The van der Waals surface area contributed by atoms with Crippen LogP contribution in [0.2, 0.25) is 0 Å². The number of ether oxygens (including phenoxy) is 3. The van der Waals surface area contributed by atoms with E-state index < -0.39 is 0 Å². The Labute approximate surface area is 159 Å². The molecule has 0 unspecified atom stereocenters. The van der Waals surface area contributed by atoms with Gasteiger partial charge in [0.25, 0.3) is 5.91 Å². The Morgan fingerprint density at radius 2 is 1.78 bits per heavy atom. The lowest BCUT2D eigenvalue weighted by Crippen LogP contribution is -2.38. The van der Waals surface area contributed by atoms with E-state index in [0.29, 0.717) is 38.3 Å². The van der Waals surface area contributed by atoms with Gasteiger partial charge in [-0.3, -0.25) is 4.79 Å². The fraction of sp³-hybridized carbons (Fsp3) is 0.381. The SMILES string of the molecule is O=C(NCC[C@@H]1COc2ccccc2O1)c1ccccc1N1CCOCC1. The van der Waals surface area contributed by atoms with Crippen molar-refractivity contribution >= 4 is 11.6 Å². The van der Waals surface area contributed by atoms with Crippen molar-refractivity contribution in [2.24, 2.45) is 0 Å². The Morgan fingerprint density at radius 3 is 2.63 bits per heavy atom. The van der Waals surface area contributed by atoms with Gasteiger partial charge < -0.3 is 24.4 Å². The first-order chi connectivity index (χ1) is 13.3. The van der Waals surface area contributed by atoms with Gasteiger partial charge in [0.15, 0.2) is 11.5 Å². The summed E-state index contributed by atoms with van der Waals surface area (Å²) >= 11 is 0. The second-order valence-electron chi connectivity index (χ2n) is 6.66. The summed E-state index contributed by atoms with van der Waals surface area (Å²) in [5, 5.41) is 3.02. The van der Waals surface area contributed by atoms with E-state index in [0.717, 1.165) is 30.3 Å². The van der Waals surface area contributed by atoms with Gasteiger partial charge in [-0.25, -0.2) is 0 Å². The monoisotopic (exact) mass is 368 g/mol. The van der Waals surface area contributed by atoms with Crippen LogP contribution in [-0.2, 0) is 4.74 Å². The van der Waals surface area contributed by atoms with E-state index in [9.17, 15) is 4.79 Å². The maximum Gasteiger partial charge on any atom is 0.253 e. The van der Waals surface area contributed by atoms with Crippen LogP contribution in [0.3, 0.4) is 0 Å². The van der Waals surface area contributed by atoms with E-state index in [4.69, 9.17) is 14.2 Å². The number of nitrogens with zero attached hydrogens (tertiary/aromatic N) is 1. The topological polar surface area (TPSA) is 60.0 Å². The molecule has 4 rings (SSSR count). The number of carbonyl (C=O) groups is 1. The van der Waals surface area contributed by atoms with Crippen LogP contribution in [0.1, 0.15) is 16.8 Å². The molecule has 1 amide bonds. The zero-order chi connectivity index (χ0) is 18.5. The minimum atomic E-state index is -0.0609. The van der Waals surface area contributed by atoms with Crippen LogP contribution >= 0.6 is 0 Å². The molecule has 6 nitrogen and oxygen atoms in total. The average molecular weight is 368 g/mol. The highest BCUT2D eigenvalue weighted by Gasteiger charge is 2.21. The molecule has 0 radical (unpaired) electrons. The highest BCUT2D eigenvalue weighted by atomic mass is 16.6. The number of hydrogen-bond acceptors (Lipinski definition) is 5. The molecule has 1 N–H and O–H groups in total. The smallest absolute Gasteiger partial charge is 0.253 e. The van der Waals surface area contributed by atoms with Gasteiger partial charge in [0.1, 0.15) is 12.7 Å². The van der Waals surface area contributed by atoms with Gasteiger partial charge >= 0.3 is 0 Å². The first-order valence-corrected chi connectivity index (χ1v) is 9.39. The molecule has 2 heterocycles. The summed E-state index contributed by atoms with van der Waals surface area (Å²) in [5.74, 6) is 1.48. The quantitative estimate of drug-likeness (QED) is 0.879. The van der Waals surface area contributed by atoms with Gasteiger partial charge in [0.05, 0.1) is 18.8 Å². The lowest BCUT2D eigenvalue weighted by molar-refractivity contribution is 0.0812. The van der Waals surface area contributed by atoms with Crippen LogP contribution in [0.15, 0.2) is 48.5 Å². The minimum absolute atomic E-state index is 0.0605. The van der Waals surface area contributed by atoms with E-state index in [2.05, 4.69) is 10.2 Å². The number of fused-ring (bicyclic) bond motifs is 1. The summed E-state index contributed by atoms with van der Waals surface area (Å²) in [6.07, 6.45) is 0.634. The van der Waals surface area contributed by atoms with Crippen molar-refractivity contribution < 1.29 is 19.0 Å². The normalized spacial score (nSPS) is 18.8. The number of benzene rings is 2. The molecule has 0 saturated carbocycles. The summed E-state index contributed by atoms with van der Waals surface area (Å²) in [4.78, 5) is 14.9. The van der Waals surface area contributed by atoms with Crippen LogP contribution in [-0.4, -0.2) is 51.5 Å². The van der Waals surface area contributed by atoms with Gasteiger partial charge in [-0.05, 0) is 24.3 Å². The van der Waals surface area contributed by atoms with E-state index in [1.165, 1.54) is 0 Å². The Kier molecular flexibility index (Phi) is 5.44. The molecular formula is C21H24N2O4. The second-order valence-corrected chi connectivity index (χ2v) is 6.66. The molecule has 0 aromatic heterocycles. The molecule has 0 spiro atoms. The number of anilines is 1. The number of hydrogen-bond donors (Lipinski definition) is 1. The highest BCUT2D eigenvalue weighted by Crippen LogP contribution is 2.31. The van der Waals surface area contributed by atoms with Crippen LogP contribution in [0, 0.1) is 0 Å². The summed E-state index contributed by atoms with van der Waals surface area (Å²) in [6, 6.07) is 15.4. The molecule has 6 heteroatoms. The molecule has 1 saturated heterocycles. The van der Waals surface area contributed by atoms with Crippen molar-refractivity contribution in [1.29, 1.82) is 0 Å². The van der Waals surface area contributed by atoms with Crippen molar-refractivity contribution in [2.45, 2.75) is 12.5 Å². The van der Waals surface area contributed by atoms with Crippen molar-refractivity contribution in [2.75, 3.05) is 44.4 Å². The number of nitrogens with one attached hydrogen (secondary N) is 1. The fourth-order valence-electron chi connectivity index (χ4n) is 3.39. The highest BCUT2D eigenvalue weighted by molar-refractivity contribution is 5.99. The molecular weight excluding hydrogens is 344 g/mol. The summed E-state index contributed by atoms with van der Waals surface area (Å²) < 4.78 is 17.1. The minimum Gasteiger partial charge on any atom is -0.486 e. The predicted octanol–water partition coefficient (Wildman–Crippen LogP) is 2.48. The first kappa shape index (κ1) is 17.7. The number of carbonyl (C=O) groups excluding carboxylic acids is 1.